The zero-order valence-corrected chi connectivity index (χ0v) is 19.5. The standard InChI is InChI=1S/C26H33NO3S/c1-25-14-12-20-18(8-11-22-26(20,2)15-13-23(28)27-22)19(25)9-10-21(25)24(29)16-4-6-17(7-5-16)31(3)30/h4-7,13,15,18-22H,8-12,14H2,1-3H3,(H,27,28)/t18-,19-,20-,21+,22+,25-,26+,31?/m0/s1. The van der Waals surface area contributed by atoms with Gasteiger partial charge in [-0.15, -0.1) is 0 Å². The maximum Gasteiger partial charge on any atom is 0.243 e. The normalized spacial score (nSPS) is 42.2. The highest BCUT2D eigenvalue weighted by Crippen LogP contribution is 2.65. The molecule has 8 atom stereocenters. The van der Waals surface area contributed by atoms with Crippen molar-refractivity contribution in [1.29, 1.82) is 0 Å². The van der Waals surface area contributed by atoms with Crippen LogP contribution in [0.4, 0.5) is 0 Å². The molecule has 1 aromatic rings. The molecular formula is C26H33NO3S. The fraction of sp³-hybridized carbons (Fsp3) is 0.615. The maximum absolute atomic E-state index is 13.5. The van der Waals surface area contributed by atoms with Crippen LogP contribution in [0.1, 0.15) is 62.7 Å². The number of carbonyl (C=O) groups excluding carboxylic acids is 2. The summed E-state index contributed by atoms with van der Waals surface area (Å²) in [5, 5.41) is 3.22. The molecule has 0 saturated heterocycles. The van der Waals surface area contributed by atoms with Crippen LogP contribution in [-0.2, 0) is 15.6 Å². The van der Waals surface area contributed by atoms with Gasteiger partial charge in [0.15, 0.2) is 5.78 Å². The summed E-state index contributed by atoms with van der Waals surface area (Å²) in [7, 11) is -1.02. The van der Waals surface area contributed by atoms with Gasteiger partial charge in [0.05, 0.1) is 0 Å². The SMILES string of the molecule is CS(=O)c1ccc(C(=O)[C@H]2CC[C@H]3[C@@H]4CC[C@H]5NC(=O)C=C[C@]5(C)[C@H]4CC[C@]23C)cc1. The minimum Gasteiger partial charge on any atom is -0.349 e. The number of nitrogens with one attached hydrogen (secondary N) is 1. The maximum atomic E-state index is 13.5. The number of hydrogen-bond donors (Lipinski definition) is 1. The molecule has 0 radical (unpaired) electrons. The first-order chi connectivity index (χ1) is 14.7. The third kappa shape index (κ3) is 3.18. The van der Waals surface area contributed by atoms with Gasteiger partial charge in [-0.25, -0.2) is 0 Å². The number of carbonyl (C=O) groups is 2. The van der Waals surface area contributed by atoms with Crippen LogP contribution < -0.4 is 5.32 Å². The highest BCUT2D eigenvalue weighted by molar-refractivity contribution is 7.84. The summed E-state index contributed by atoms with van der Waals surface area (Å²) in [6.45, 7) is 4.70. The third-order valence-corrected chi connectivity index (χ3v) is 10.4. The second kappa shape index (κ2) is 7.40. The van der Waals surface area contributed by atoms with E-state index in [0.717, 1.165) is 49.0 Å². The van der Waals surface area contributed by atoms with Crippen molar-refractivity contribution in [2.45, 2.75) is 63.3 Å². The van der Waals surface area contributed by atoms with Crippen LogP contribution in [0.15, 0.2) is 41.3 Å². The number of amides is 1. The summed E-state index contributed by atoms with van der Waals surface area (Å²) in [4.78, 5) is 26.2. The summed E-state index contributed by atoms with van der Waals surface area (Å²) in [6, 6.07) is 7.64. The smallest absolute Gasteiger partial charge is 0.243 e. The molecule has 0 bridgehead atoms. The van der Waals surface area contributed by atoms with Crippen molar-refractivity contribution in [3.63, 3.8) is 0 Å². The van der Waals surface area contributed by atoms with E-state index in [1.165, 1.54) is 0 Å². The molecule has 0 spiro atoms. The largest absolute Gasteiger partial charge is 0.349 e. The second-order valence-electron chi connectivity index (χ2n) is 10.7. The minimum absolute atomic E-state index is 0.0336. The van der Waals surface area contributed by atoms with E-state index in [2.05, 4.69) is 25.2 Å². The third-order valence-electron chi connectivity index (χ3n) is 9.47. The lowest BCUT2D eigenvalue weighted by atomic mass is 9.47. The van der Waals surface area contributed by atoms with Gasteiger partial charge in [-0.1, -0.05) is 32.1 Å². The molecule has 31 heavy (non-hydrogen) atoms. The van der Waals surface area contributed by atoms with E-state index in [9.17, 15) is 13.8 Å². The van der Waals surface area contributed by atoms with Gasteiger partial charge in [0, 0.05) is 44.9 Å². The monoisotopic (exact) mass is 439 g/mol. The minimum atomic E-state index is -1.02. The average Bonchev–Trinajstić information content (AvgIpc) is 3.11. The van der Waals surface area contributed by atoms with E-state index in [1.807, 2.05) is 24.3 Å². The number of hydrogen-bond acceptors (Lipinski definition) is 3. The van der Waals surface area contributed by atoms with Gasteiger partial charge in [-0.05, 0) is 79.9 Å². The van der Waals surface area contributed by atoms with Crippen LogP contribution >= 0.6 is 0 Å². The fourth-order valence-corrected chi connectivity index (χ4v) is 8.30. The van der Waals surface area contributed by atoms with Crippen LogP contribution in [0.5, 0.6) is 0 Å². The lowest BCUT2D eigenvalue weighted by Crippen LogP contribution is -2.59. The van der Waals surface area contributed by atoms with Gasteiger partial charge in [0.25, 0.3) is 0 Å². The Hall–Kier alpha value is -1.75. The van der Waals surface area contributed by atoms with Crippen molar-refractivity contribution in [2.24, 2.45) is 34.5 Å². The summed E-state index contributed by atoms with van der Waals surface area (Å²) in [5.41, 5.74) is 0.845. The molecule has 4 nitrogen and oxygen atoms in total. The molecule has 1 amide bonds. The average molecular weight is 440 g/mol. The Morgan fingerprint density at radius 2 is 1.77 bits per heavy atom. The highest BCUT2D eigenvalue weighted by atomic mass is 32.2. The van der Waals surface area contributed by atoms with Gasteiger partial charge in [-0.3, -0.25) is 13.8 Å². The molecular weight excluding hydrogens is 406 g/mol. The number of ketones is 1. The van der Waals surface area contributed by atoms with Crippen molar-refractivity contribution in [3.8, 4) is 0 Å². The van der Waals surface area contributed by atoms with Gasteiger partial charge >= 0.3 is 0 Å². The predicted molar refractivity (Wildman–Crippen MR) is 122 cm³/mol. The Bertz CT molecular complexity index is 969. The number of fused-ring (bicyclic) bond motifs is 5. The molecule has 5 rings (SSSR count). The number of Topliss-reactive ketones (excluding diaryl/α,β-unsaturated/α-hetero) is 1. The molecule has 166 valence electrons. The Balaban J connectivity index is 1.40. The molecule has 5 heteroatoms. The predicted octanol–water partition coefficient (Wildman–Crippen LogP) is 4.52. The first-order valence-corrected chi connectivity index (χ1v) is 13.3. The van der Waals surface area contributed by atoms with Gasteiger partial charge in [-0.2, -0.15) is 0 Å². The van der Waals surface area contributed by atoms with E-state index >= 15 is 0 Å². The zero-order chi connectivity index (χ0) is 22.0. The summed E-state index contributed by atoms with van der Waals surface area (Å²) >= 11 is 0. The number of benzene rings is 1. The van der Waals surface area contributed by atoms with Gasteiger partial charge in [0.1, 0.15) is 0 Å². The highest BCUT2D eigenvalue weighted by Gasteiger charge is 2.60. The van der Waals surface area contributed by atoms with E-state index in [1.54, 1.807) is 12.3 Å². The first kappa shape index (κ1) is 21.1. The Labute approximate surface area is 187 Å². The Morgan fingerprint density at radius 3 is 2.48 bits per heavy atom. The van der Waals surface area contributed by atoms with Crippen LogP contribution in [0.2, 0.25) is 0 Å². The Kier molecular flexibility index (Phi) is 5.04. The molecule has 3 aliphatic carbocycles. The topological polar surface area (TPSA) is 63.2 Å². The molecule has 3 fully saturated rings. The molecule has 1 unspecified atom stereocenters. The molecule has 3 saturated carbocycles. The van der Waals surface area contributed by atoms with Crippen LogP contribution in [0.3, 0.4) is 0 Å². The van der Waals surface area contributed by atoms with E-state index in [4.69, 9.17) is 0 Å². The molecule has 1 aromatic carbocycles. The van der Waals surface area contributed by atoms with Crippen molar-refractivity contribution in [2.75, 3.05) is 6.26 Å². The molecule has 4 aliphatic rings. The Morgan fingerprint density at radius 1 is 1.03 bits per heavy atom. The van der Waals surface area contributed by atoms with Crippen LogP contribution in [-0.4, -0.2) is 28.2 Å². The zero-order valence-electron chi connectivity index (χ0n) is 18.7. The molecule has 1 heterocycles. The van der Waals surface area contributed by atoms with Crippen molar-refractivity contribution < 1.29 is 13.8 Å². The number of rotatable bonds is 3. The summed E-state index contributed by atoms with van der Waals surface area (Å²) in [5.74, 6) is 2.17. The van der Waals surface area contributed by atoms with E-state index in [-0.39, 0.29) is 34.5 Å². The van der Waals surface area contributed by atoms with Crippen molar-refractivity contribution >= 4 is 22.5 Å². The van der Waals surface area contributed by atoms with Crippen molar-refractivity contribution in [3.05, 3.63) is 42.0 Å². The fourth-order valence-electron chi connectivity index (χ4n) is 7.78. The van der Waals surface area contributed by atoms with Gasteiger partial charge in [0.2, 0.25) is 5.91 Å². The first-order valence-electron chi connectivity index (χ1n) is 11.7. The van der Waals surface area contributed by atoms with E-state index < -0.39 is 10.8 Å². The van der Waals surface area contributed by atoms with Crippen LogP contribution in [0, 0.1) is 34.5 Å². The summed E-state index contributed by atoms with van der Waals surface area (Å²) < 4.78 is 11.7. The van der Waals surface area contributed by atoms with Crippen LogP contribution in [0.25, 0.3) is 0 Å². The lowest BCUT2D eigenvalue weighted by Gasteiger charge is -2.58. The van der Waals surface area contributed by atoms with Gasteiger partial charge < -0.3 is 5.32 Å². The van der Waals surface area contributed by atoms with Crippen molar-refractivity contribution in [1.82, 2.24) is 5.32 Å². The van der Waals surface area contributed by atoms with E-state index in [0.29, 0.717) is 17.8 Å². The lowest BCUT2D eigenvalue weighted by molar-refractivity contribution is -0.122. The second-order valence-corrected chi connectivity index (χ2v) is 12.1. The summed E-state index contributed by atoms with van der Waals surface area (Å²) in [6.07, 6.45) is 12.1. The molecule has 1 N–H and O–H groups in total. The quantitative estimate of drug-likeness (QED) is 0.705. The molecule has 0 aromatic heterocycles. The molecule has 1 aliphatic heterocycles.